The highest BCUT2D eigenvalue weighted by molar-refractivity contribution is 6.82. The van der Waals surface area contributed by atoms with Crippen molar-refractivity contribution in [1.29, 1.82) is 0 Å². The SMILES string of the molecule is CC1=C(C)C(C)([Si](C)(C)C)C(c2cccc3cccnc23)=C1C. The second-order valence-electron chi connectivity index (χ2n) is 8.01. The van der Waals surface area contributed by atoms with Crippen molar-refractivity contribution >= 4 is 24.5 Å². The van der Waals surface area contributed by atoms with Gasteiger partial charge in [0, 0.05) is 22.2 Å². The van der Waals surface area contributed by atoms with E-state index in [0.717, 1.165) is 5.52 Å². The zero-order valence-corrected chi connectivity index (χ0v) is 16.4. The smallest absolute Gasteiger partial charge is 0.0777 e. The number of hydrogen-bond acceptors (Lipinski definition) is 1. The van der Waals surface area contributed by atoms with Gasteiger partial charge in [0.2, 0.25) is 0 Å². The summed E-state index contributed by atoms with van der Waals surface area (Å²) in [5, 5.41) is 1.39. The predicted octanol–water partition coefficient (Wildman–Crippen LogP) is 6.46. The Labute approximate surface area is 141 Å². The molecule has 1 aromatic carbocycles. The van der Waals surface area contributed by atoms with Gasteiger partial charge in [0.1, 0.15) is 0 Å². The highest BCUT2D eigenvalue weighted by atomic mass is 28.3. The van der Waals surface area contributed by atoms with Gasteiger partial charge < -0.3 is 0 Å². The minimum absolute atomic E-state index is 0.160. The van der Waals surface area contributed by atoms with Gasteiger partial charge >= 0.3 is 0 Å². The summed E-state index contributed by atoms with van der Waals surface area (Å²) in [5.74, 6) is 0. The molecule has 0 spiro atoms. The lowest BCUT2D eigenvalue weighted by Gasteiger charge is -2.42. The Morgan fingerprint density at radius 2 is 1.57 bits per heavy atom. The number of nitrogens with zero attached hydrogens (tertiary/aromatic N) is 1. The average Bonchev–Trinajstić information content (AvgIpc) is 2.68. The van der Waals surface area contributed by atoms with Crippen LogP contribution in [0.1, 0.15) is 33.3 Å². The number of para-hydroxylation sites is 1. The molecule has 0 saturated carbocycles. The normalized spacial score (nSPS) is 22.4. The van der Waals surface area contributed by atoms with Crippen molar-refractivity contribution in [3.05, 3.63) is 58.8 Å². The maximum absolute atomic E-state index is 4.72. The molecule has 0 bridgehead atoms. The number of hydrogen-bond donors (Lipinski definition) is 0. The largest absolute Gasteiger partial charge is 0.256 e. The van der Waals surface area contributed by atoms with E-state index in [1.54, 1.807) is 5.57 Å². The minimum atomic E-state index is -1.47. The van der Waals surface area contributed by atoms with Crippen molar-refractivity contribution in [2.24, 2.45) is 0 Å². The highest BCUT2D eigenvalue weighted by Gasteiger charge is 2.48. The summed E-state index contributed by atoms with van der Waals surface area (Å²) in [6.07, 6.45) is 1.91. The maximum atomic E-state index is 4.72. The maximum Gasteiger partial charge on any atom is 0.0777 e. The summed E-state index contributed by atoms with van der Waals surface area (Å²) in [6.45, 7) is 16.8. The average molecular weight is 322 g/mol. The van der Waals surface area contributed by atoms with E-state index in [2.05, 4.69) is 71.6 Å². The third kappa shape index (κ3) is 2.15. The lowest BCUT2D eigenvalue weighted by atomic mass is 9.89. The Morgan fingerprint density at radius 3 is 2.22 bits per heavy atom. The quantitative estimate of drug-likeness (QED) is 0.579. The molecule has 3 rings (SSSR count). The Balaban J connectivity index is 2.38. The first-order valence-corrected chi connectivity index (χ1v) is 11.9. The molecule has 1 aliphatic rings. The molecule has 1 aromatic heterocycles. The lowest BCUT2D eigenvalue weighted by Crippen LogP contribution is -2.38. The number of aromatic nitrogens is 1. The van der Waals surface area contributed by atoms with Crippen LogP contribution in [0, 0.1) is 0 Å². The van der Waals surface area contributed by atoms with Gasteiger partial charge in [-0.3, -0.25) is 4.98 Å². The fourth-order valence-electron chi connectivity index (χ4n) is 4.12. The molecule has 0 saturated heterocycles. The molecule has 0 aliphatic heterocycles. The van der Waals surface area contributed by atoms with Gasteiger partial charge in [0.25, 0.3) is 0 Å². The van der Waals surface area contributed by atoms with Crippen molar-refractivity contribution in [2.45, 2.75) is 52.4 Å². The van der Waals surface area contributed by atoms with Crippen molar-refractivity contribution in [2.75, 3.05) is 0 Å². The molecule has 23 heavy (non-hydrogen) atoms. The Hall–Kier alpha value is -1.67. The Morgan fingerprint density at radius 1 is 0.913 bits per heavy atom. The molecule has 1 heterocycles. The van der Waals surface area contributed by atoms with E-state index < -0.39 is 8.07 Å². The topological polar surface area (TPSA) is 12.9 Å². The minimum Gasteiger partial charge on any atom is -0.256 e. The lowest BCUT2D eigenvalue weighted by molar-refractivity contribution is 0.872. The number of benzene rings is 1. The van der Waals surface area contributed by atoms with Crippen LogP contribution in [-0.4, -0.2) is 13.1 Å². The molecule has 1 atom stereocenters. The molecule has 1 unspecified atom stereocenters. The molecule has 1 nitrogen and oxygen atoms in total. The molecular weight excluding hydrogens is 294 g/mol. The van der Waals surface area contributed by atoms with E-state index in [1.165, 1.54) is 27.7 Å². The van der Waals surface area contributed by atoms with Crippen LogP contribution in [0.5, 0.6) is 0 Å². The summed E-state index contributed by atoms with van der Waals surface area (Å²) >= 11 is 0. The van der Waals surface area contributed by atoms with Gasteiger partial charge in [-0.25, -0.2) is 0 Å². The first-order chi connectivity index (χ1) is 10.7. The number of allylic oxidation sites excluding steroid dienone is 4. The van der Waals surface area contributed by atoms with Gasteiger partial charge in [-0.2, -0.15) is 0 Å². The van der Waals surface area contributed by atoms with Crippen LogP contribution in [0.4, 0.5) is 0 Å². The summed E-state index contributed by atoms with van der Waals surface area (Å²) < 4.78 is 0. The summed E-state index contributed by atoms with van der Waals surface area (Å²) in [6, 6.07) is 10.8. The van der Waals surface area contributed by atoms with Crippen molar-refractivity contribution in [1.82, 2.24) is 4.98 Å². The van der Waals surface area contributed by atoms with E-state index in [9.17, 15) is 0 Å². The predicted molar refractivity (Wildman–Crippen MR) is 104 cm³/mol. The van der Waals surface area contributed by atoms with Gasteiger partial charge in [0.05, 0.1) is 13.6 Å². The van der Waals surface area contributed by atoms with Crippen LogP contribution < -0.4 is 0 Å². The van der Waals surface area contributed by atoms with Gasteiger partial charge in [-0.05, 0) is 43.6 Å². The van der Waals surface area contributed by atoms with E-state index in [4.69, 9.17) is 4.98 Å². The zero-order chi connectivity index (χ0) is 17.0. The van der Waals surface area contributed by atoms with Crippen molar-refractivity contribution < 1.29 is 0 Å². The summed E-state index contributed by atoms with van der Waals surface area (Å²) in [7, 11) is -1.47. The Kier molecular flexibility index (Phi) is 3.64. The second kappa shape index (κ2) is 5.17. The number of rotatable bonds is 2. The highest BCUT2D eigenvalue weighted by Crippen LogP contribution is 2.62. The molecule has 0 fully saturated rings. The van der Waals surface area contributed by atoms with Crippen molar-refractivity contribution in [3.8, 4) is 0 Å². The fourth-order valence-corrected chi connectivity index (χ4v) is 6.51. The Bertz CT molecular complexity index is 846. The number of pyridine rings is 1. The molecular formula is C21H27NSi. The molecule has 2 heteroatoms. The molecule has 0 radical (unpaired) electrons. The first kappa shape index (κ1) is 16.2. The summed E-state index contributed by atoms with van der Waals surface area (Å²) in [4.78, 5) is 4.72. The molecule has 0 amide bonds. The van der Waals surface area contributed by atoms with Crippen LogP contribution in [-0.2, 0) is 0 Å². The molecule has 1 aliphatic carbocycles. The van der Waals surface area contributed by atoms with Crippen LogP contribution >= 0.6 is 0 Å². The van der Waals surface area contributed by atoms with Crippen LogP contribution in [0.25, 0.3) is 16.5 Å². The van der Waals surface area contributed by atoms with Gasteiger partial charge in [-0.1, -0.05) is 56.4 Å². The van der Waals surface area contributed by atoms with Gasteiger partial charge in [-0.15, -0.1) is 0 Å². The second-order valence-corrected chi connectivity index (χ2v) is 13.5. The van der Waals surface area contributed by atoms with E-state index in [-0.39, 0.29) is 5.04 Å². The van der Waals surface area contributed by atoms with Crippen LogP contribution in [0.3, 0.4) is 0 Å². The van der Waals surface area contributed by atoms with Gasteiger partial charge in [0.15, 0.2) is 0 Å². The zero-order valence-electron chi connectivity index (χ0n) is 15.4. The first-order valence-electron chi connectivity index (χ1n) is 8.43. The van der Waals surface area contributed by atoms with E-state index >= 15 is 0 Å². The fraction of sp³-hybridized carbons (Fsp3) is 0.381. The molecule has 120 valence electrons. The van der Waals surface area contributed by atoms with Crippen LogP contribution in [0.15, 0.2) is 53.2 Å². The monoisotopic (exact) mass is 321 g/mol. The third-order valence-corrected chi connectivity index (χ3v) is 9.78. The van der Waals surface area contributed by atoms with Crippen LogP contribution in [0.2, 0.25) is 24.7 Å². The number of fused-ring (bicyclic) bond motifs is 1. The molecule has 0 N–H and O–H groups in total. The summed E-state index contributed by atoms with van der Waals surface area (Å²) in [5.41, 5.74) is 8.44. The molecule has 2 aromatic rings. The van der Waals surface area contributed by atoms with E-state index in [1.807, 2.05) is 12.3 Å². The van der Waals surface area contributed by atoms with E-state index in [0.29, 0.717) is 0 Å². The standard InChI is InChI=1S/C21H27NSi/c1-14-15(2)19(21(4,16(14)3)23(5,6)7)18-12-8-10-17-11-9-13-22-20(17)18/h8-13H,1-7H3. The third-order valence-electron chi connectivity index (χ3n) is 6.15. The van der Waals surface area contributed by atoms with Crippen molar-refractivity contribution in [3.63, 3.8) is 0 Å².